The first-order valence-corrected chi connectivity index (χ1v) is 21.9. The van der Waals surface area contributed by atoms with Gasteiger partial charge in [0, 0.05) is 16.7 Å². The van der Waals surface area contributed by atoms with E-state index in [9.17, 15) is 0 Å². The van der Waals surface area contributed by atoms with Crippen molar-refractivity contribution in [2.24, 2.45) is 0 Å². The van der Waals surface area contributed by atoms with E-state index in [-0.39, 0.29) is 0 Å². The average molecular weight is 813 g/mol. The Morgan fingerprint density at radius 3 is 1.41 bits per heavy atom. The summed E-state index contributed by atoms with van der Waals surface area (Å²) in [5, 5.41) is 10.0. The third kappa shape index (κ3) is 6.70. The van der Waals surface area contributed by atoms with Gasteiger partial charge in [0.15, 0.2) is 5.82 Å². The van der Waals surface area contributed by atoms with Crippen LogP contribution in [0.25, 0.3) is 122 Å². The first kappa shape index (κ1) is 37.3. The quantitative estimate of drug-likeness (QED) is 0.118. The first-order valence-electron chi connectivity index (χ1n) is 21.9. The van der Waals surface area contributed by atoms with Crippen LogP contribution in [0.5, 0.6) is 0 Å². The normalized spacial score (nSPS) is 11.4. The summed E-state index contributed by atoms with van der Waals surface area (Å²) in [4.78, 5) is 10.3. The van der Waals surface area contributed by atoms with E-state index in [2.05, 4.69) is 224 Å². The second-order valence-electron chi connectivity index (χ2n) is 16.5. The molecule has 12 rings (SSSR count). The molecule has 1 aromatic heterocycles. The molecule has 0 radical (unpaired) electrons. The molecule has 2 heteroatoms. The molecule has 0 saturated heterocycles. The highest BCUT2D eigenvalue weighted by atomic mass is 14.9. The van der Waals surface area contributed by atoms with E-state index in [0.29, 0.717) is 5.82 Å². The highest BCUT2D eigenvalue weighted by Crippen LogP contribution is 2.46. The van der Waals surface area contributed by atoms with Crippen molar-refractivity contribution in [3.05, 3.63) is 243 Å². The van der Waals surface area contributed by atoms with Crippen molar-refractivity contribution in [1.29, 1.82) is 0 Å². The SMILES string of the molecule is c1ccc(-c2nc(-c3ccc(-c4ccc(-c5c6ccccc6c(-c6ccccc6)c6c5ccc5ccccc56)cc4)cc3)cc(-c3cccc(-c4ccc5ccccc5c4)c3)n2)cc1. The number of nitrogens with zero attached hydrogens (tertiary/aromatic N) is 2. The topological polar surface area (TPSA) is 25.8 Å². The lowest BCUT2D eigenvalue weighted by atomic mass is 9.84. The van der Waals surface area contributed by atoms with E-state index in [4.69, 9.17) is 9.97 Å². The molecule has 2 nitrogen and oxygen atoms in total. The number of benzene rings is 11. The third-order valence-corrected chi connectivity index (χ3v) is 12.7. The maximum Gasteiger partial charge on any atom is 0.160 e. The monoisotopic (exact) mass is 812 g/mol. The van der Waals surface area contributed by atoms with Crippen molar-refractivity contribution in [3.63, 3.8) is 0 Å². The zero-order chi connectivity index (χ0) is 42.4. The van der Waals surface area contributed by atoms with Crippen LogP contribution in [0, 0.1) is 0 Å². The van der Waals surface area contributed by atoms with E-state index < -0.39 is 0 Å². The highest BCUT2D eigenvalue weighted by molar-refractivity contribution is 6.27. The third-order valence-electron chi connectivity index (χ3n) is 12.7. The molecule has 0 atom stereocenters. The molecule has 0 saturated carbocycles. The molecule has 0 fully saturated rings. The zero-order valence-corrected chi connectivity index (χ0v) is 35.0. The van der Waals surface area contributed by atoms with Gasteiger partial charge in [0.05, 0.1) is 11.4 Å². The van der Waals surface area contributed by atoms with E-state index in [1.165, 1.54) is 70.9 Å². The molecular formula is C62H40N2. The lowest BCUT2D eigenvalue weighted by Crippen LogP contribution is -1.96. The summed E-state index contributed by atoms with van der Waals surface area (Å²) in [6.45, 7) is 0. The van der Waals surface area contributed by atoms with Crippen LogP contribution in [-0.4, -0.2) is 9.97 Å². The molecule has 298 valence electrons. The van der Waals surface area contributed by atoms with Gasteiger partial charge in [-0.25, -0.2) is 9.97 Å². The van der Waals surface area contributed by atoms with Crippen LogP contribution < -0.4 is 0 Å². The summed E-state index contributed by atoms with van der Waals surface area (Å²) < 4.78 is 0. The van der Waals surface area contributed by atoms with Crippen molar-refractivity contribution in [2.75, 3.05) is 0 Å². The van der Waals surface area contributed by atoms with E-state index in [0.717, 1.165) is 44.8 Å². The highest BCUT2D eigenvalue weighted by Gasteiger charge is 2.19. The van der Waals surface area contributed by atoms with Crippen LogP contribution in [-0.2, 0) is 0 Å². The molecule has 0 aliphatic rings. The maximum atomic E-state index is 5.14. The van der Waals surface area contributed by atoms with Gasteiger partial charge in [0.25, 0.3) is 0 Å². The van der Waals surface area contributed by atoms with Crippen molar-refractivity contribution in [1.82, 2.24) is 9.97 Å². The number of aromatic nitrogens is 2. The summed E-state index contributed by atoms with van der Waals surface area (Å²) in [6, 6.07) is 87.2. The largest absolute Gasteiger partial charge is 0.228 e. The molecule has 11 aromatic carbocycles. The predicted molar refractivity (Wildman–Crippen MR) is 270 cm³/mol. The zero-order valence-electron chi connectivity index (χ0n) is 35.0. The Balaban J connectivity index is 0.918. The van der Waals surface area contributed by atoms with Gasteiger partial charge in [-0.05, 0) is 106 Å². The smallest absolute Gasteiger partial charge is 0.160 e. The Hall–Kier alpha value is -8.46. The fraction of sp³-hybridized carbons (Fsp3) is 0. The lowest BCUT2D eigenvalue weighted by Gasteiger charge is -2.19. The van der Waals surface area contributed by atoms with Gasteiger partial charge >= 0.3 is 0 Å². The maximum absolute atomic E-state index is 5.14. The molecule has 64 heavy (non-hydrogen) atoms. The predicted octanol–water partition coefficient (Wildman–Crippen LogP) is 16.8. The molecule has 0 spiro atoms. The molecule has 0 aliphatic carbocycles. The van der Waals surface area contributed by atoms with Crippen LogP contribution in [0.4, 0.5) is 0 Å². The number of hydrogen-bond donors (Lipinski definition) is 0. The van der Waals surface area contributed by atoms with Crippen LogP contribution in [0.2, 0.25) is 0 Å². The van der Waals surface area contributed by atoms with Gasteiger partial charge in [-0.1, -0.05) is 224 Å². The van der Waals surface area contributed by atoms with Crippen LogP contribution in [0.15, 0.2) is 243 Å². The minimum absolute atomic E-state index is 0.703. The minimum atomic E-state index is 0.703. The molecular weight excluding hydrogens is 773 g/mol. The minimum Gasteiger partial charge on any atom is -0.228 e. The Bertz CT molecular complexity index is 3690. The van der Waals surface area contributed by atoms with Gasteiger partial charge < -0.3 is 0 Å². The second kappa shape index (κ2) is 15.8. The average Bonchev–Trinajstić information content (AvgIpc) is 3.38. The summed E-state index contributed by atoms with van der Waals surface area (Å²) in [6.07, 6.45) is 0. The van der Waals surface area contributed by atoms with Gasteiger partial charge in [0.1, 0.15) is 0 Å². The van der Waals surface area contributed by atoms with Gasteiger partial charge in [-0.3, -0.25) is 0 Å². The van der Waals surface area contributed by atoms with Gasteiger partial charge in [0.2, 0.25) is 0 Å². The molecule has 1 heterocycles. The molecule has 0 unspecified atom stereocenters. The summed E-state index contributed by atoms with van der Waals surface area (Å²) in [7, 11) is 0. The first-order chi connectivity index (χ1) is 31.7. The fourth-order valence-electron chi connectivity index (χ4n) is 9.51. The molecule has 12 aromatic rings. The molecule has 0 bridgehead atoms. The van der Waals surface area contributed by atoms with Crippen LogP contribution in [0.3, 0.4) is 0 Å². The fourth-order valence-corrected chi connectivity index (χ4v) is 9.51. The van der Waals surface area contributed by atoms with Crippen molar-refractivity contribution < 1.29 is 0 Å². The Morgan fingerprint density at radius 1 is 0.219 bits per heavy atom. The summed E-state index contributed by atoms with van der Waals surface area (Å²) in [5.41, 5.74) is 14.4. The van der Waals surface area contributed by atoms with Crippen LogP contribution >= 0.6 is 0 Å². The summed E-state index contributed by atoms with van der Waals surface area (Å²) >= 11 is 0. The second-order valence-corrected chi connectivity index (χ2v) is 16.5. The van der Waals surface area contributed by atoms with Crippen molar-refractivity contribution >= 4 is 43.1 Å². The van der Waals surface area contributed by atoms with Crippen LogP contribution in [0.1, 0.15) is 0 Å². The summed E-state index contributed by atoms with van der Waals surface area (Å²) in [5.74, 6) is 0.703. The number of rotatable bonds is 7. The Morgan fingerprint density at radius 2 is 0.688 bits per heavy atom. The number of hydrogen-bond acceptors (Lipinski definition) is 2. The lowest BCUT2D eigenvalue weighted by molar-refractivity contribution is 1.18. The van der Waals surface area contributed by atoms with E-state index in [1.807, 2.05) is 18.2 Å². The Kier molecular flexibility index (Phi) is 9.20. The van der Waals surface area contributed by atoms with E-state index >= 15 is 0 Å². The molecule has 0 aliphatic heterocycles. The van der Waals surface area contributed by atoms with E-state index in [1.54, 1.807) is 0 Å². The Labute approximate surface area is 372 Å². The standard InChI is InChI=1S/C62H40N2/c1-3-16-46(17-4-1)60-55-25-12-11-24-54(55)59(56-37-36-44-15-9-10-23-53(44)61(56)60)47-33-28-43(29-34-47)42-26-31-45(32-27-42)57-40-58(64-62(63-57)48-18-5-2-6-19-48)52-22-13-21-50(39-52)51-35-30-41-14-7-8-20-49(41)38-51/h1-40H. The van der Waals surface area contributed by atoms with Crippen molar-refractivity contribution in [3.8, 4) is 78.4 Å². The molecule has 0 N–H and O–H groups in total. The molecule has 0 amide bonds. The van der Waals surface area contributed by atoms with Gasteiger partial charge in [-0.2, -0.15) is 0 Å². The van der Waals surface area contributed by atoms with Crippen molar-refractivity contribution in [2.45, 2.75) is 0 Å². The van der Waals surface area contributed by atoms with Gasteiger partial charge in [-0.15, -0.1) is 0 Å². The number of fused-ring (bicyclic) bond motifs is 5.